The van der Waals surface area contributed by atoms with Gasteiger partial charge >= 0.3 is 0 Å². The summed E-state index contributed by atoms with van der Waals surface area (Å²) >= 11 is 5.99. The maximum atomic E-state index is 13.3. The van der Waals surface area contributed by atoms with Gasteiger partial charge in [-0.3, -0.25) is 4.98 Å². The van der Waals surface area contributed by atoms with Crippen molar-refractivity contribution in [1.82, 2.24) is 19.9 Å². The molecule has 0 saturated carbocycles. The number of aromatic amines is 1. The SMILES string of the molecule is Cc1cc(-c2ccc(-c3nc4ccc(Cl)cc4[nH]3)cn2)cnc1F. The third kappa shape index (κ3) is 2.63. The van der Waals surface area contributed by atoms with Crippen molar-refractivity contribution >= 4 is 22.6 Å². The summed E-state index contributed by atoms with van der Waals surface area (Å²) in [6.07, 6.45) is 3.21. The van der Waals surface area contributed by atoms with Crippen molar-refractivity contribution in [2.75, 3.05) is 0 Å². The van der Waals surface area contributed by atoms with Crippen LogP contribution in [-0.4, -0.2) is 19.9 Å². The van der Waals surface area contributed by atoms with Crippen LogP contribution in [0.4, 0.5) is 4.39 Å². The summed E-state index contributed by atoms with van der Waals surface area (Å²) in [5.74, 6) is 0.260. The van der Waals surface area contributed by atoms with Gasteiger partial charge in [0.1, 0.15) is 5.82 Å². The van der Waals surface area contributed by atoms with Crippen molar-refractivity contribution in [1.29, 1.82) is 0 Å². The second kappa shape index (κ2) is 5.69. The van der Waals surface area contributed by atoms with Gasteiger partial charge in [0.2, 0.25) is 5.95 Å². The van der Waals surface area contributed by atoms with Gasteiger partial charge in [0.15, 0.2) is 0 Å². The minimum atomic E-state index is -0.462. The molecule has 0 bridgehead atoms. The molecule has 0 aliphatic heterocycles. The molecule has 6 heteroatoms. The van der Waals surface area contributed by atoms with Crippen LogP contribution in [-0.2, 0) is 0 Å². The molecule has 24 heavy (non-hydrogen) atoms. The Hall–Kier alpha value is -2.79. The van der Waals surface area contributed by atoms with E-state index >= 15 is 0 Å². The zero-order chi connectivity index (χ0) is 16.7. The topological polar surface area (TPSA) is 54.5 Å². The van der Waals surface area contributed by atoms with Gasteiger partial charge in [-0.1, -0.05) is 11.6 Å². The van der Waals surface area contributed by atoms with E-state index in [9.17, 15) is 4.39 Å². The van der Waals surface area contributed by atoms with Gasteiger partial charge < -0.3 is 4.98 Å². The largest absolute Gasteiger partial charge is 0.338 e. The lowest BCUT2D eigenvalue weighted by Crippen LogP contribution is -1.91. The fourth-order valence-corrected chi connectivity index (χ4v) is 2.69. The molecular weight excluding hydrogens is 327 g/mol. The summed E-state index contributed by atoms with van der Waals surface area (Å²) in [5.41, 5.74) is 4.58. The molecule has 0 amide bonds. The van der Waals surface area contributed by atoms with Crippen molar-refractivity contribution in [2.45, 2.75) is 6.92 Å². The van der Waals surface area contributed by atoms with Crippen LogP contribution in [0.2, 0.25) is 5.02 Å². The lowest BCUT2D eigenvalue weighted by molar-refractivity contribution is 0.575. The number of pyridine rings is 2. The van der Waals surface area contributed by atoms with Gasteiger partial charge in [-0.2, -0.15) is 4.39 Å². The average Bonchev–Trinajstić information content (AvgIpc) is 3.00. The molecule has 0 fully saturated rings. The number of hydrogen-bond acceptors (Lipinski definition) is 3. The maximum absolute atomic E-state index is 13.3. The Kier molecular flexibility index (Phi) is 3.50. The molecule has 0 radical (unpaired) electrons. The summed E-state index contributed by atoms with van der Waals surface area (Å²) in [4.78, 5) is 15.9. The monoisotopic (exact) mass is 338 g/mol. The van der Waals surface area contributed by atoms with Crippen LogP contribution in [0, 0.1) is 12.9 Å². The van der Waals surface area contributed by atoms with Crippen molar-refractivity contribution in [3.63, 3.8) is 0 Å². The molecule has 0 unspecified atom stereocenters. The normalized spacial score (nSPS) is 11.1. The highest BCUT2D eigenvalue weighted by molar-refractivity contribution is 6.31. The third-order valence-corrected chi connectivity index (χ3v) is 4.03. The van der Waals surface area contributed by atoms with Gasteiger partial charge in [0.25, 0.3) is 0 Å². The number of rotatable bonds is 2. The highest BCUT2D eigenvalue weighted by Crippen LogP contribution is 2.24. The second-order valence-electron chi connectivity index (χ2n) is 5.51. The number of nitrogens with zero attached hydrogens (tertiary/aromatic N) is 3. The molecule has 1 N–H and O–H groups in total. The van der Waals surface area contributed by atoms with E-state index < -0.39 is 5.95 Å². The summed E-state index contributed by atoms with van der Waals surface area (Å²) in [6.45, 7) is 1.68. The summed E-state index contributed by atoms with van der Waals surface area (Å²) < 4.78 is 13.3. The Balaban J connectivity index is 1.70. The molecule has 4 aromatic rings. The Bertz CT molecular complexity index is 1040. The minimum absolute atomic E-state index is 0.462. The smallest absolute Gasteiger partial charge is 0.215 e. The molecular formula is C18H12ClFN4. The van der Waals surface area contributed by atoms with E-state index in [0.717, 1.165) is 33.7 Å². The highest BCUT2D eigenvalue weighted by Gasteiger charge is 2.08. The number of nitrogens with one attached hydrogen (secondary N) is 1. The van der Waals surface area contributed by atoms with Gasteiger partial charge in [0, 0.05) is 34.1 Å². The number of imidazole rings is 1. The van der Waals surface area contributed by atoms with Crippen molar-refractivity contribution in [2.24, 2.45) is 0 Å². The number of halogens is 2. The zero-order valence-corrected chi connectivity index (χ0v) is 13.5. The second-order valence-corrected chi connectivity index (χ2v) is 5.95. The predicted octanol–water partition coefficient (Wildman–Crippen LogP) is 4.79. The number of hydrogen-bond donors (Lipinski definition) is 1. The zero-order valence-electron chi connectivity index (χ0n) is 12.7. The molecule has 4 nitrogen and oxygen atoms in total. The summed E-state index contributed by atoms with van der Waals surface area (Å²) in [6, 6.07) is 11.0. The molecule has 0 aliphatic rings. The molecule has 4 rings (SSSR count). The minimum Gasteiger partial charge on any atom is -0.338 e. The lowest BCUT2D eigenvalue weighted by Gasteiger charge is -2.03. The van der Waals surface area contributed by atoms with Crippen LogP contribution < -0.4 is 0 Å². The van der Waals surface area contributed by atoms with Gasteiger partial charge in [-0.15, -0.1) is 0 Å². The van der Waals surface area contributed by atoms with Crippen molar-refractivity contribution < 1.29 is 4.39 Å². The van der Waals surface area contributed by atoms with E-state index in [2.05, 4.69) is 19.9 Å². The van der Waals surface area contributed by atoms with Crippen molar-refractivity contribution in [3.8, 4) is 22.6 Å². The van der Waals surface area contributed by atoms with E-state index in [1.165, 1.54) is 6.20 Å². The summed E-state index contributed by atoms with van der Waals surface area (Å²) in [5, 5.41) is 0.658. The first-order chi connectivity index (χ1) is 11.6. The fraction of sp³-hybridized carbons (Fsp3) is 0.0556. The molecule has 1 aromatic carbocycles. The van der Waals surface area contributed by atoms with Gasteiger partial charge in [-0.05, 0) is 43.3 Å². The standard InChI is InChI=1S/C18H12ClFN4/c1-10-6-12(9-22-17(10)20)14-4-2-11(8-21-14)18-23-15-5-3-13(19)7-16(15)24-18/h2-9H,1H3,(H,23,24). The Morgan fingerprint density at radius 1 is 1.00 bits per heavy atom. The first-order valence-corrected chi connectivity index (χ1v) is 7.72. The first-order valence-electron chi connectivity index (χ1n) is 7.34. The molecule has 118 valence electrons. The van der Waals surface area contributed by atoms with E-state index in [1.54, 1.807) is 25.3 Å². The molecule has 0 aliphatic carbocycles. The van der Waals surface area contributed by atoms with Crippen LogP contribution in [0.15, 0.2) is 48.8 Å². The average molecular weight is 339 g/mol. The molecule has 0 saturated heterocycles. The molecule has 0 spiro atoms. The Morgan fingerprint density at radius 3 is 2.58 bits per heavy atom. The van der Waals surface area contributed by atoms with Crippen molar-refractivity contribution in [3.05, 3.63) is 65.3 Å². The van der Waals surface area contributed by atoms with Crippen LogP contribution in [0.5, 0.6) is 0 Å². The van der Waals surface area contributed by atoms with Crippen LogP contribution >= 0.6 is 11.6 Å². The van der Waals surface area contributed by atoms with E-state index in [4.69, 9.17) is 11.6 Å². The van der Waals surface area contributed by atoms with Gasteiger partial charge in [0.05, 0.1) is 16.7 Å². The number of aromatic nitrogens is 4. The third-order valence-electron chi connectivity index (χ3n) is 3.79. The highest BCUT2D eigenvalue weighted by atomic mass is 35.5. The number of H-pyrrole nitrogens is 1. The molecule has 0 atom stereocenters. The van der Waals surface area contributed by atoms with Crippen LogP contribution in [0.25, 0.3) is 33.7 Å². The van der Waals surface area contributed by atoms with E-state index in [0.29, 0.717) is 10.6 Å². The molecule has 3 heterocycles. The number of aryl methyl sites for hydroxylation is 1. The Morgan fingerprint density at radius 2 is 1.83 bits per heavy atom. The number of benzene rings is 1. The maximum Gasteiger partial charge on any atom is 0.215 e. The van der Waals surface area contributed by atoms with Crippen LogP contribution in [0.3, 0.4) is 0 Å². The quantitative estimate of drug-likeness (QED) is 0.535. The molecule has 3 aromatic heterocycles. The van der Waals surface area contributed by atoms with Crippen LogP contribution in [0.1, 0.15) is 5.56 Å². The van der Waals surface area contributed by atoms with E-state index in [1.807, 2.05) is 24.3 Å². The van der Waals surface area contributed by atoms with E-state index in [-0.39, 0.29) is 0 Å². The fourth-order valence-electron chi connectivity index (χ4n) is 2.52. The van der Waals surface area contributed by atoms with Gasteiger partial charge in [-0.25, -0.2) is 9.97 Å². The first kappa shape index (κ1) is 14.8. The Labute approximate surface area is 142 Å². The number of fused-ring (bicyclic) bond motifs is 1. The lowest BCUT2D eigenvalue weighted by atomic mass is 10.1. The summed E-state index contributed by atoms with van der Waals surface area (Å²) in [7, 11) is 0. The predicted molar refractivity (Wildman–Crippen MR) is 92.3 cm³/mol.